The molecule has 3 aromatic carbocycles. The number of para-hydroxylation sites is 1. The van der Waals surface area contributed by atoms with E-state index in [1.165, 1.54) is 23.9 Å². The number of aryl methyl sites for hydroxylation is 1. The Morgan fingerprint density at radius 1 is 0.950 bits per heavy atom. The molecule has 4 rings (SSSR count). The highest BCUT2D eigenvalue weighted by atomic mass is 19.1. The molecule has 4 aromatic rings. The van der Waals surface area contributed by atoms with E-state index in [2.05, 4.69) is 34.8 Å². The first-order chi connectivity index (χ1) is 19.4. The van der Waals surface area contributed by atoms with Crippen molar-refractivity contribution in [2.45, 2.75) is 58.2 Å². The van der Waals surface area contributed by atoms with Crippen LogP contribution in [-0.2, 0) is 25.8 Å². The van der Waals surface area contributed by atoms with E-state index in [-0.39, 0.29) is 13.0 Å². The van der Waals surface area contributed by atoms with E-state index >= 15 is 0 Å². The monoisotopic (exact) mass is 546 g/mol. The third kappa shape index (κ3) is 7.61. The van der Waals surface area contributed by atoms with Gasteiger partial charge in [-0.15, -0.1) is 0 Å². The molecule has 0 saturated carbocycles. The lowest BCUT2D eigenvalue weighted by molar-refractivity contribution is 0.0829. The molecule has 1 heterocycles. The molecule has 40 heavy (non-hydrogen) atoms. The van der Waals surface area contributed by atoms with Crippen molar-refractivity contribution in [2.24, 2.45) is 0 Å². The van der Waals surface area contributed by atoms with Gasteiger partial charge in [0.25, 0.3) is 5.91 Å². The Hall–Kier alpha value is -3.88. The summed E-state index contributed by atoms with van der Waals surface area (Å²) in [6, 6.07) is 20.2. The van der Waals surface area contributed by atoms with Crippen LogP contribution in [0, 0.1) is 11.6 Å². The Labute approximate surface area is 234 Å². The van der Waals surface area contributed by atoms with E-state index in [4.69, 9.17) is 0 Å². The molecule has 1 amide bonds. The SMILES string of the molecule is CCCc1c(C(=O)N[C@@H](Cc2cc(F)cc(F)c2)[C@H](O)CNCc2cccc(CC)c2)cnn1-c1ccccc1. The van der Waals surface area contributed by atoms with Gasteiger partial charge in [-0.2, -0.15) is 5.10 Å². The summed E-state index contributed by atoms with van der Waals surface area (Å²) < 4.78 is 29.6. The van der Waals surface area contributed by atoms with Crippen molar-refractivity contribution in [2.75, 3.05) is 6.54 Å². The number of nitrogens with one attached hydrogen (secondary N) is 2. The Balaban J connectivity index is 1.53. The molecule has 0 fully saturated rings. The molecule has 210 valence electrons. The minimum Gasteiger partial charge on any atom is -0.390 e. The average Bonchev–Trinajstić information content (AvgIpc) is 3.36. The highest BCUT2D eigenvalue weighted by Crippen LogP contribution is 2.18. The zero-order chi connectivity index (χ0) is 28.5. The fourth-order valence-electron chi connectivity index (χ4n) is 4.81. The van der Waals surface area contributed by atoms with Crippen molar-refractivity contribution in [3.8, 4) is 5.69 Å². The average molecular weight is 547 g/mol. The first-order valence-electron chi connectivity index (χ1n) is 13.7. The summed E-state index contributed by atoms with van der Waals surface area (Å²) in [5.41, 5.74) is 4.64. The van der Waals surface area contributed by atoms with E-state index in [0.717, 1.165) is 35.9 Å². The van der Waals surface area contributed by atoms with Crippen LogP contribution in [0.5, 0.6) is 0 Å². The number of aliphatic hydroxyl groups excluding tert-OH is 1. The smallest absolute Gasteiger partial charge is 0.255 e. The molecular weight excluding hydrogens is 510 g/mol. The number of halogens is 2. The molecule has 0 aliphatic carbocycles. The lowest BCUT2D eigenvalue weighted by atomic mass is 9.99. The number of amides is 1. The Morgan fingerprint density at radius 3 is 2.38 bits per heavy atom. The first kappa shape index (κ1) is 29.1. The normalized spacial score (nSPS) is 12.7. The minimum absolute atomic E-state index is 0.0462. The van der Waals surface area contributed by atoms with Gasteiger partial charge in [0.05, 0.1) is 35.3 Å². The van der Waals surface area contributed by atoms with Crippen molar-refractivity contribution >= 4 is 5.91 Å². The van der Waals surface area contributed by atoms with Crippen LogP contribution >= 0.6 is 0 Å². The molecule has 0 saturated heterocycles. The quantitative estimate of drug-likeness (QED) is 0.217. The molecule has 2 atom stereocenters. The second-order valence-corrected chi connectivity index (χ2v) is 9.94. The van der Waals surface area contributed by atoms with Gasteiger partial charge in [0.15, 0.2) is 0 Å². The van der Waals surface area contributed by atoms with Gasteiger partial charge in [-0.1, -0.05) is 62.7 Å². The van der Waals surface area contributed by atoms with Crippen molar-refractivity contribution in [1.29, 1.82) is 0 Å². The van der Waals surface area contributed by atoms with Gasteiger partial charge in [-0.05, 0) is 60.2 Å². The Morgan fingerprint density at radius 2 is 1.68 bits per heavy atom. The maximum Gasteiger partial charge on any atom is 0.255 e. The molecule has 0 aliphatic rings. The highest BCUT2D eigenvalue weighted by Gasteiger charge is 2.26. The predicted octanol–water partition coefficient (Wildman–Crippen LogP) is 5.16. The van der Waals surface area contributed by atoms with Crippen LogP contribution in [0.25, 0.3) is 5.69 Å². The second kappa shape index (κ2) is 14.0. The number of hydrogen-bond donors (Lipinski definition) is 3. The number of rotatable bonds is 13. The topological polar surface area (TPSA) is 79.2 Å². The third-order valence-electron chi connectivity index (χ3n) is 6.84. The predicted molar refractivity (Wildman–Crippen MR) is 152 cm³/mol. The van der Waals surface area contributed by atoms with E-state index in [1.807, 2.05) is 49.4 Å². The molecule has 8 heteroatoms. The third-order valence-corrected chi connectivity index (χ3v) is 6.84. The fraction of sp³-hybridized carbons (Fsp3) is 0.312. The zero-order valence-electron chi connectivity index (χ0n) is 22.9. The summed E-state index contributed by atoms with van der Waals surface area (Å²) in [5.74, 6) is -1.82. The molecule has 0 unspecified atom stereocenters. The van der Waals surface area contributed by atoms with E-state index < -0.39 is 29.7 Å². The molecule has 0 bridgehead atoms. The zero-order valence-corrected chi connectivity index (χ0v) is 22.9. The first-order valence-corrected chi connectivity index (χ1v) is 13.7. The van der Waals surface area contributed by atoms with Gasteiger partial charge >= 0.3 is 0 Å². The lowest BCUT2D eigenvalue weighted by Crippen LogP contribution is -2.48. The van der Waals surface area contributed by atoms with Gasteiger partial charge in [-0.3, -0.25) is 4.79 Å². The fourth-order valence-corrected chi connectivity index (χ4v) is 4.81. The van der Waals surface area contributed by atoms with Crippen molar-refractivity contribution in [3.05, 3.63) is 119 Å². The number of carbonyl (C=O) groups excluding carboxylic acids is 1. The standard InChI is InChI=1S/C32H36F2N4O2/c1-3-9-30-28(20-36-38(30)27-12-6-5-7-13-27)32(40)37-29(17-24-15-25(33)18-26(34)16-24)31(39)21-35-19-23-11-8-10-22(4-2)14-23/h5-8,10-16,18,20,29,31,35,39H,3-4,9,17,19,21H2,1-2H3,(H,37,40)/t29-,31+/m0/s1. The summed E-state index contributed by atoms with van der Waals surface area (Å²) >= 11 is 0. The number of carbonyl (C=O) groups is 1. The van der Waals surface area contributed by atoms with Crippen LogP contribution in [0.3, 0.4) is 0 Å². The van der Waals surface area contributed by atoms with Crippen LogP contribution in [0.4, 0.5) is 8.78 Å². The van der Waals surface area contributed by atoms with Crippen molar-refractivity contribution in [1.82, 2.24) is 20.4 Å². The molecule has 0 spiro atoms. The number of hydrogen-bond acceptors (Lipinski definition) is 4. The van der Waals surface area contributed by atoms with Crippen LogP contribution in [0.1, 0.15) is 53.0 Å². The van der Waals surface area contributed by atoms with E-state index in [0.29, 0.717) is 24.1 Å². The van der Waals surface area contributed by atoms with Crippen molar-refractivity contribution < 1.29 is 18.7 Å². The summed E-state index contributed by atoms with van der Waals surface area (Å²) in [4.78, 5) is 13.5. The number of aliphatic hydroxyl groups is 1. The molecule has 1 aromatic heterocycles. The van der Waals surface area contributed by atoms with Crippen LogP contribution in [0.15, 0.2) is 79.0 Å². The minimum atomic E-state index is -1.02. The molecule has 6 nitrogen and oxygen atoms in total. The molecule has 0 radical (unpaired) electrons. The highest BCUT2D eigenvalue weighted by molar-refractivity contribution is 5.95. The van der Waals surface area contributed by atoms with Crippen molar-refractivity contribution in [3.63, 3.8) is 0 Å². The summed E-state index contributed by atoms with van der Waals surface area (Å²) in [5, 5.41) is 21.8. The Bertz CT molecular complexity index is 1390. The van der Waals surface area contributed by atoms with Gasteiger partial charge in [-0.25, -0.2) is 13.5 Å². The van der Waals surface area contributed by atoms with Crippen LogP contribution < -0.4 is 10.6 Å². The summed E-state index contributed by atoms with van der Waals surface area (Å²) in [6.07, 6.45) is 2.90. The van der Waals surface area contributed by atoms with Gasteiger partial charge in [0, 0.05) is 19.2 Å². The molecular formula is C32H36F2N4O2. The second-order valence-electron chi connectivity index (χ2n) is 9.94. The van der Waals surface area contributed by atoms with E-state index in [1.54, 1.807) is 4.68 Å². The summed E-state index contributed by atoms with van der Waals surface area (Å²) in [6.45, 7) is 4.82. The number of aromatic nitrogens is 2. The molecule has 3 N–H and O–H groups in total. The number of nitrogens with zero attached hydrogens (tertiary/aromatic N) is 2. The molecule has 0 aliphatic heterocycles. The van der Waals surface area contributed by atoms with E-state index in [9.17, 15) is 18.7 Å². The maximum atomic E-state index is 13.9. The summed E-state index contributed by atoms with van der Waals surface area (Å²) in [7, 11) is 0. The Kier molecular flexibility index (Phi) is 10.2. The largest absolute Gasteiger partial charge is 0.390 e. The van der Waals surface area contributed by atoms with Gasteiger partial charge in [0.1, 0.15) is 11.6 Å². The van der Waals surface area contributed by atoms with Crippen LogP contribution in [0.2, 0.25) is 0 Å². The maximum absolute atomic E-state index is 13.9. The lowest BCUT2D eigenvalue weighted by Gasteiger charge is -2.25. The van der Waals surface area contributed by atoms with Gasteiger partial charge in [0.2, 0.25) is 0 Å². The van der Waals surface area contributed by atoms with Gasteiger partial charge < -0.3 is 15.7 Å². The van der Waals surface area contributed by atoms with Crippen LogP contribution in [-0.4, -0.2) is 39.5 Å². The number of benzene rings is 3.